The Balaban J connectivity index is 2.84. The van der Waals surface area contributed by atoms with Crippen molar-refractivity contribution in [3.63, 3.8) is 0 Å². The zero-order valence-corrected chi connectivity index (χ0v) is 7.23. The molecule has 12 heavy (non-hydrogen) atoms. The second kappa shape index (κ2) is 2.81. The lowest BCUT2D eigenvalue weighted by molar-refractivity contribution is 1.09. The van der Waals surface area contributed by atoms with Gasteiger partial charge in [-0.3, -0.25) is 0 Å². The van der Waals surface area contributed by atoms with Gasteiger partial charge in [0.2, 0.25) is 0 Å². The Bertz CT molecular complexity index is 406. The van der Waals surface area contributed by atoms with E-state index in [0.717, 1.165) is 21.5 Å². The van der Waals surface area contributed by atoms with Gasteiger partial charge in [-0.15, -0.1) is 0 Å². The number of nitrogens with two attached hydrogens (primary N) is 1. The van der Waals surface area contributed by atoms with Gasteiger partial charge in [0.1, 0.15) is 0 Å². The molecule has 2 nitrogen and oxygen atoms in total. The zero-order valence-electron chi connectivity index (χ0n) is 6.47. The number of halogens is 1. The number of benzene rings is 1. The normalized spacial score (nSPS) is 10.8. The van der Waals surface area contributed by atoms with Crippen LogP contribution in [0, 0.1) is 0 Å². The Morgan fingerprint density at radius 1 is 1.42 bits per heavy atom. The third kappa shape index (κ3) is 1.00. The first-order valence-corrected chi connectivity index (χ1v) is 4.15. The van der Waals surface area contributed by atoms with E-state index < -0.39 is 0 Å². The molecule has 3 heteroatoms. The van der Waals surface area contributed by atoms with Gasteiger partial charge < -0.3 is 10.7 Å². The minimum atomic E-state index is 0.523. The predicted octanol–water partition coefficient (Wildman–Crippen LogP) is 2.28. The Hall–Kier alpha value is -0.990. The van der Waals surface area contributed by atoms with Crippen LogP contribution < -0.4 is 5.73 Å². The van der Waals surface area contributed by atoms with Gasteiger partial charge in [0, 0.05) is 23.6 Å². The van der Waals surface area contributed by atoms with Crippen molar-refractivity contribution >= 4 is 22.5 Å². The van der Waals surface area contributed by atoms with E-state index in [0.29, 0.717) is 6.54 Å². The lowest BCUT2D eigenvalue weighted by atomic mass is 10.1. The molecule has 0 bridgehead atoms. The topological polar surface area (TPSA) is 41.8 Å². The van der Waals surface area contributed by atoms with Crippen LogP contribution in [0.3, 0.4) is 0 Å². The first-order valence-electron chi connectivity index (χ1n) is 3.77. The maximum atomic E-state index is 5.97. The van der Waals surface area contributed by atoms with E-state index in [9.17, 15) is 0 Å². The number of aromatic nitrogens is 1. The SMILES string of the molecule is NCc1cccc2[nH]cc(Cl)c12. The summed E-state index contributed by atoms with van der Waals surface area (Å²) in [5.41, 5.74) is 7.70. The average molecular weight is 181 g/mol. The summed E-state index contributed by atoms with van der Waals surface area (Å²) in [4.78, 5) is 3.08. The zero-order chi connectivity index (χ0) is 8.55. The summed E-state index contributed by atoms with van der Waals surface area (Å²) in [7, 11) is 0. The van der Waals surface area contributed by atoms with E-state index in [-0.39, 0.29) is 0 Å². The predicted molar refractivity (Wildman–Crippen MR) is 51.2 cm³/mol. The molecule has 0 aliphatic carbocycles. The van der Waals surface area contributed by atoms with Crippen molar-refractivity contribution < 1.29 is 0 Å². The van der Waals surface area contributed by atoms with Crippen molar-refractivity contribution in [3.05, 3.63) is 35.0 Å². The summed E-state index contributed by atoms with van der Waals surface area (Å²) >= 11 is 5.97. The van der Waals surface area contributed by atoms with Gasteiger partial charge in [-0.05, 0) is 11.6 Å². The van der Waals surface area contributed by atoms with E-state index in [4.69, 9.17) is 17.3 Å². The highest BCUT2D eigenvalue weighted by Crippen LogP contribution is 2.25. The van der Waals surface area contributed by atoms with Gasteiger partial charge in [0.05, 0.1) is 5.02 Å². The number of nitrogens with one attached hydrogen (secondary N) is 1. The fourth-order valence-electron chi connectivity index (χ4n) is 1.39. The van der Waals surface area contributed by atoms with Crippen molar-refractivity contribution in [2.24, 2.45) is 5.73 Å². The molecule has 1 aromatic heterocycles. The molecule has 3 N–H and O–H groups in total. The minimum Gasteiger partial charge on any atom is -0.360 e. The number of H-pyrrole nitrogens is 1. The summed E-state index contributed by atoms with van der Waals surface area (Å²) in [6, 6.07) is 5.94. The van der Waals surface area contributed by atoms with Crippen LogP contribution in [0.1, 0.15) is 5.56 Å². The fraction of sp³-hybridized carbons (Fsp3) is 0.111. The maximum Gasteiger partial charge on any atom is 0.0662 e. The van der Waals surface area contributed by atoms with Crippen LogP contribution in [0.15, 0.2) is 24.4 Å². The standard InChI is InChI=1S/C9H9ClN2/c10-7-5-12-8-3-1-2-6(4-11)9(7)8/h1-3,5,12H,4,11H2. The molecular weight excluding hydrogens is 172 g/mol. The molecule has 0 aliphatic heterocycles. The van der Waals surface area contributed by atoms with Crippen LogP contribution in [0.25, 0.3) is 10.9 Å². The first-order chi connectivity index (χ1) is 5.83. The molecule has 0 aliphatic rings. The van der Waals surface area contributed by atoms with Crippen LogP contribution in [0.5, 0.6) is 0 Å². The van der Waals surface area contributed by atoms with Gasteiger partial charge in [0.25, 0.3) is 0 Å². The molecule has 0 fully saturated rings. The summed E-state index contributed by atoms with van der Waals surface area (Å²) in [5, 5.41) is 1.78. The van der Waals surface area contributed by atoms with Crippen LogP contribution in [0.4, 0.5) is 0 Å². The molecule has 62 valence electrons. The molecular formula is C9H9ClN2. The van der Waals surface area contributed by atoms with Gasteiger partial charge in [-0.1, -0.05) is 23.7 Å². The number of aromatic amines is 1. The van der Waals surface area contributed by atoms with Gasteiger partial charge in [0.15, 0.2) is 0 Å². The van der Waals surface area contributed by atoms with Crippen LogP contribution in [-0.2, 0) is 6.54 Å². The minimum absolute atomic E-state index is 0.523. The Labute approximate surface area is 75.3 Å². The second-order valence-electron chi connectivity index (χ2n) is 2.68. The number of hydrogen-bond acceptors (Lipinski definition) is 1. The summed E-state index contributed by atoms with van der Waals surface area (Å²) in [6.07, 6.45) is 1.78. The third-order valence-electron chi connectivity index (χ3n) is 1.96. The molecule has 0 amide bonds. The van der Waals surface area contributed by atoms with Gasteiger partial charge >= 0.3 is 0 Å². The van der Waals surface area contributed by atoms with E-state index in [2.05, 4.69) is 4.98 Å². The lowest BCUT2D eigenvalue weighted by Gasteiger charge is -1.98. The quantitative estimate of drug-likeness (QED) is 0.695. The molecule has 0 unspecified atom stereocenters. The molecule has 0 atom stereocenters. The summed E-state index contributed by atoms with van der Waals surface area (Å²) in [6.45, 7) is 0.523. The van der Waals surface area contributed by atoms with Crippen molar-refractivity contribution in [2.45, 2.75) is 6.54 Å². The molecule has 0 spiro atoms. The third-order valence-corrected chi connectivity index (χ3v) is 2.26. The smallest absolute Gasteiger partial charge is 0.0662 e. The number of fused-ring (bicyclic) bond motifs is 1. The van der Waals surface area contributed by atoms with E-state index >= 15 is 0 Å². The van der Waals surface area contributed by atoms with E-state index in [1.54, 1.807) is 6.20 Å². The highest BCUT2D eigenvalue weighted by molar-refractivity contribution is 6.35. The fourth-order valence-corrected chi connectivity index (χ4v) is 1.66. The van der Waals surface area contributed by atoms with Gasteiger partial charge in [-0.25, -0.2) is 0 Å². The second-order valence-corrected chi connectivity index (χ2v) is 3.09. The highest BCUT2D eigenvalue weighted by Gasteiger charge is 2.04. The largest absolute Gasteiger partial charge is 0.360 e. The van der Waals surface area contributed by atoms with Crippen LogP contribution >= 0.6 is 11.6 Å². The highest BCUT2D eigenvalue weighted by atomic mass is 35.5. The molecule has 1 heterocycles. The molecule has 0 saturated heterocycles. The maximum absolute atomic E-state index is 5.97. The Morgan fingerprint density at radius 2 is 2.25 bits per heavy atom. The van der Waals surface area contributed by atoms with E-state index in [1.165, 1.54) is 0 Å². The van der Waals surface area contributed by atoms with Gasteiger partial charge in [-0.2, -0.15) is 0 Å². The number of hydrogen-bond donors (Lipinski definition) is 2. The lowest BCUT2D eigenvalue weighted by Crippen LogP contribution is -1.96. The molecule has 0 radical (unpaired) electrons. The van der Waals surface area contributed by atoms with Crippen LogP contribution in [0.2, 0.25) is 5.02 Å². The Kier molecular flexibility index (Phi) is 1.79. The molecule has 2 rings (SSSR count). The van der Waals surface area contributed by atoms with Crippen LogP contribution in [-0.4, -0.2) is 4.98 Å². The molecule has 0 saturated carbocycles. The van der Waals surface area contributed by atoms with Crippen molar-refractivity contribution in [1.29, 1.82) is 0 Å². The Morgan fingerprint density at radius 3 is 3.00 bits per heavy atom. The van der Waals surface area contributed by atoms with Crippen molar-refractivity contribution in [1.82, 2.24) is 4.98 Å². The van der Waals surface area contributed by atoms with Crippen molar-refractivity contribution in [3.8, 4) is 0 Å². The van der Waals surface area contributed by atoms with E-state index in [1.807, 2.05) is 18.2 Å². The average Bonchev–Trinajstić information content (AvgIpc) is 2.48. The molecule has 2 aromatic rings. The summed E-state index contributed by atoms with van der Waals surface area (Å²) < 4.78 is 0. The summed E-state index contributed by atoms with van der Waals surface area (Å²) in [5.74, 6) is 0. The van der Waals surface area contributed by atoms with Crippen molar-refractivity contribution in [2.75, 3.05) is 0 Å². The monoisotopic (exact) mass is 180 g/mol. The molecule has 1 aromatic carbocycles. The first kappa shape index (κ1) is 7.65. The number of rotatable bonds is 1.